The van der Waals surface area contributed by atoms with Gasteiger partial charge in [-0.25, -0.2) is 4.98 Å². The molecule has 0 aliphatic heterocycles. The maximum absolute atomic E-state index is 8.87. The molecule has 5 heteroatoms. The first-order valence-electron chi connectivity index (χ1n) is 4.88. The molecule has 1 aromatic carbocycles. The molecule has 0 spiro atoms. The molecule has 4 nitrogen and oxygen atoms in total. The van der Waals surface area contributed by atoms with Gasteiger partial charge < -0.3 is 11.1 Å². The number of benzene rings is 1. The van der Waals surface area contributed by atoms with Crippen LogP contribution >= 0.6 is 15.9 Å². The molecule has 84 valence electrons. The normalized spacial score (nSPS) is 9.65. The van der Waals surface area contributed by atoms with Crippen LogP contribution in [-0.4, -0.2) is 4.98 Å². The van der Waals surface area contributed by atoms with E-state index in [1.807, 2.05) is 30.3 Å². The van der Waals surface area contributed by atoms with Crippen molar-refractivity contribution in [1.82, 2.24) is 4.98 Å². The van der Waals surface area contributed by atoms with Gasteiger partial charge in [-0.05, 0) is 34.1 Å². The number of hydrogen-bond acceptors (Lipinski definition) is 4. The van der Waals surface area contributed by atoms with Gasteiger partial charge in [0.1, 0.15) is 6.07 Å². The standard InChI is InChI=1S/C12H9BrN4/c13-9-3-1-2-4-10(9)17-12-11(15)8(7-14)5-6-16-12/h1-6H,15H2,(H,16,17). The highest BCUT2D eigenvalue weighted by Gasteiger charge is 2.07. The fourth-order valence-corrected chi connectivity index (χ4v) is 1.74. The Bertz CT molecular complexity index is 589. The topological polar surface area (TPSA) is 74.7 Å². The zero-order valence-corrected chi connectivity index (χ0v) is 10.4. The van der Waals surface area contributed by atoms with Crippen LogP contribution in [0.1, 0.15) is 5.56 Å². The second-order valence-corrected chi connectivity index (χ2v) is 4.19. The minimum atomic E-state index is 0.353. The average molecular weight is 289 g/mol. The summed E-state index contributed by atoms with van der Waals surface area (Å²) in [4.78, 5) is 4.12. The van der Waals surface area contributed by atoms with Gasteiger partial charge in [-0.1, -0.05) is 12.1 Å². The lowest BCUT2D eigenvalue weighted by Gasteiger charge is -2.10. The van der Waals surface area contributed by atoms with Gasteiger partial charge >= 0.3 is 0 Å². The van der Waals surface area contributed by atoms with Gasteiger partial charge in [-0.2, -0.15) is 5.26 Å². The Morgan fingerprint density at radius 1 is 1.29 bits per heavy atom. The van der Waals surface area contributed by atoms with Crippen LogP contribution in [0.25, 0.3) is 0 Å². The molecule has 0 saturated carbocycles. The fourth-order valence-electron chi connectivity index (χ4n) is 1.36. The predicted molar refractivity (Wildman–Crippen MR) is 70.8 cm³/mol. The third-order valence-corrected chi connectivity index (χ3v) is 2.93. The van der Waals surface area contributed by atoms with E-state index in [0.29, 0.717) is 17.1 Å². The summed E-state index contributed by atoms with van der Waals surface area (Å²) in [6.07, 6.45) is 1.55. The molecule has 0 bridgehead atoms. The number of halogens is 1. The van der Waals surface area contributed by atoms with Crippen molar-refractivity contribution in [2.45, 2.75) is 0 Å². The molecule has 1 heterocycles. The van der Waals surface area contributed by atoms with E-state index < -0.39 is 0 Å². The number of nitrogen functional groups attached to an aromatic ring is 1. The van der Waals surface area contributed by atoms with Crippen molar-refractivity contribution in [2.75, 3.05) is 11.1 Å². The van der Waals surface area contributed by atoms with Crippen molar-refractivity contribution in [3.63, 3.8) is 0 Å². The van der Waals surface area contributed by atoms with Gasteiger partial charge in [0.15, 0.2) is 5.82 Å². The number of rotatable bonds is 2. The van der Waals surface area contributed by atoms with E-state index in [9.17, 15) is 0 Å². The zero-order valence-electron chi connectivity index (χ0n) is 8.81. The van der Waals surface area contributed by atoms with Crippen molar-refractivity contribution in [3.05, 3.63) is 46.6 Å². The molecule has 1 aromatic heterocycles. The average Bonchev–Trinajstić information content (AvgIpc) is 2.34. The molecule has 0 saturated heterocycles. The van der Waals surface area contributed by atoms with E-state index in [4.69, 9.17) is 11.0 Å². The van der Waals surface area contributed by atoms with Crippen LogP contribution < -0.4 is 11.1 Å². The van der Waals surface area contributed by atoms with Crippen LogP contribution in [0.4, 0.5) is 17.2 Å². The summed E-state index contributed by atoms with van der Waals surface area (Å²) in [7, 11) is 0. The first-order valence-corrected chi connectivity index (χ1v) is 5.68. The number of anilines is 3. The molecule has 2 aromatic rings. The van der Waals surface area contributed by atoms with Gasteiger partial charge in [-0.15, -0.1) is 0 Å². The summed E-state index contributed by atoms with van der Waals surface area (Å²) >= 11 is 3.42. The van der Waals surface area contributed by atoms with Crippen molar-refractivity contribution in [2.24, 2.45) is 0 Å². The Balaban J connectivity index is 2.38. The molecule has 0 atom stereocenters. The summed E-state index contributed by atoms with van der Waals surface area (Å²) in [6.45, 7) is 0. The van der Waals surface area contributed by atoms with Crippen LogP contribution in [-0.2, 0) is 0 Å². The van der Waals surface area contributed by atoms with Crippen LogP contribution in [0.15, 0.2) is 41.0 Å². The third kappa shape index (κ3) is 2.37. The van der Waals surface area contributed by atoms with E-state index in [-0.39, 0.29) is 0 Å². The maximum atomic E-state index is 8.87. The summed E-state index contributed by atoms with van der Waals surface area (Å²) < 4.78 is 0.906. The maximum Gasteiger partial charge on any atom is 0.154 e. The first-order chi connectivity index (χ1) is 8.22. The van der Waals surface area contributed by atoms with Crippen LogP contribution in [0.2, 0.25) is 0 Å². The van der Waals surface area contributed by atoms with Gasteiger partial charge in [0.05, 0.1) is 16.9 Å². The molecular formula is C12H9BrN4. The quantitative estimate of drug-likeness (QED) is 0.891. The molecule has 0 aliphatic carbocycles. The highest BCUT2D eigenvalue weighted by atomic mass is 79.9. The smallest absolute Gasteiger partial charge is 0.154 e. The molecular weight excluding hydrogens is 280 g/mol. The summed E-state index contributed by atoms with van der Waals surface area (Å²) in [5.74, 6) is 0.482. The molecule has 0 fully saturated rings. The lowest BCUT2D eigenvalue weighted by Crippen LogP contribution is -2.01. The zero-order chi connectivity index (χ0) is 12.3. The number of pyridine rings is 1. The van der Waals surface area contributed by atoms with Crippen molar-refractivity contribution < 1.29 is 0 Å². The number of hydrogen-bond donors (Lipinski definition) is 2. The van der Waals surface area contributed by atoms with Gasteiger partial charge in [0.25, 0.3) is 0 Å². The Kier molecular flexibility index (Phi) is 3.26. The molecule has 17 heavy (non-hydrogen) atoms. The Morgan fingerprint density at radius 2 is 2.06 bits per heavy atom. The highest BCUT2D eigenvalue weighted by Crippen LogP contribution is 2.28. The summed E-state index contributed by atoms with van der Waals surface area (Å²) in [5.41, 5.74) is 7.44. The van der Waals surface area contributed by atoms with Crippen LogP contribution in [0, 0.1) is 11.3 Å². The Morgan fingerprint density at radius 3 is 2.76 bits per heavy atom. The van der Waals surface area contributed by atoms with E-state index in [1.54, 1.807) is 12.3 Å². The number of para-hydroxylation sites is 1. The highest BCUT2D eigenvalue weighted by molar-refractivity contribution is 9.10. The summed E-state index contributed by atoms with van der Waals surface area (Å²) in [6, 6.07) is 11.2. The number of nitriles is 1. The lowest BCUT2D eigenvalue weighted by molar-refractivity contribution is 1.29. The molecule has 0 aliphatic rings. The van der Waals surface area contributed by atoms with E-state index >= 15 is 0 Å². The second-order valence-electron chi connectivity index (χ2n) is 3.34. The van der Waals surface area contributed by atoms with Gasteiger partial charge in [0, 0.05) is 10.7 Å². The molecule has 0 amide bonds. The molecule has 0 radical (unpaired) electrons. The number of aromatic nitrogens is 1. The Hall–Kier alpha value is -2.06. The molecule has 0 unspecified atom stereocenters. The first kappa shape index (κ1) is 11.4. The predicted octanol–water partition coefficient (Wildman–Crippen LogP) is 3.04. The second kappa shape index (κ2) is 4.85. The lowest BCUT2D eigenvalue weighted by atomic mass is 10.2. The monoisotopic (exact) mass is 288 g/mol. The molecule has 3 N–H and O–H groups in total. The van der Waals surface area contributed by atoms with E-state index in [0.717, 1.165) is 10.2 Å². The summed E-state index contributed by atoms with van der Waals surface area (Å²) in [5, 5.41) is 11.9. The largest absolute Gasteiger partial charge is 0.395 e. The van der Waals surface area contributed by atoms with E-state index in [1.165, 1.54) is 0 Å². The minimum Gasteiger partial charge on any atom is -0.395 e. The fraction of sp³-hybridized carbons (Fsp3) is 0. The van der Waals surface area contributed by atoms with Gasteiger partial charge in [0.2, 0.25) is 0 Å². The minimum absolute atomic E-state index is 0.353. The SMILES string of the molecule is N#Cc1ccnc(Nc2ccccc2Br)c1N. The van der Waals surface area contributed by atoms with Crippen molar-refractivity contribution >= 4 is 33.1 Å². The third-order valence-electron chi connectivity index (χ3n) is 2.24. The van der Waals surface area contributed by atoms with Crippen LogP contribution in [0.3, 0.4) is 0 Å². The van der Waals surface area contributed by atoms with Crippen molar-refractivity contribution in [3.8, 4) is 6.07 Å². The number of nitrogens with zero attached hydrogens (tertiary/aromatic N) is 2. The number of nitrogens with two attached hydrogens (primary N) is 1. The van der Waals surface area contributed by atoms with Crippen molar-refractivity contribution in [1.29, 1.82) is 5.26 Å². The van der Waals surface area contributed by atoms with Gasteiger partial charge in [-0.3, -0.25) is 0 Å². The van der Waals surface area contributed by atoms with Crippen LogP contribution in [0.5, 0.6) is 0 Å². The number of nitrogens with one attached hydrogen (secondary N) is 1. The van der Waals surface area contributed by atoms with E-state index in [2.05, 4.69) is 26.2 Å². The Labute approximate surface area is 107 Å². The molecule has 2 rings (SSSR count).